The first-order valence-corrected chi connectivity index (χ1v) is 7.98. The Labute approximate surface area is 135 Å². The third kappa shape index (κ3) is 3.32. The summed E-state index contributed by atoms with van der Waals surface area (Å²) >= 11 is 0. The predicted molar refractivity (Wildman–Crippen MR) is 83.1 cm³/mol. The van der Waals surface area contributed by atoms with Gasteiger partial charge in [0.25, 0.3) is 0 Å². The molecule has 130 valence electrons. The number of nitrogens with zero attached hydrogens (tertiary/aromatic N) is 1. The van der Waals surface area contributed by atoms with E-state index in [-0.39, 0.29) is 11.8 Å². The lowest BCUT2D eigenvalue weighted by Crippen LogP contribution is -2.70. The van der Waals surface area contributed by atoms with Crippen molar-refractivity contribution < 1.29 is 19.5 Å². The summed E-state index contributed by atoms with van der Waals surface area (Å²) in [5.41, 5.74) is 4.59. The van der Waals surface area contributed by atoms with Gasteiger partial charge in [-0.05, 0) is 19.3 Å². The maximum Gasteiger partial charge on any atom is 0.242 e. The van der Waals surface area contributed by atoms with E-state index in [1.54, 1.807) is 0 Å². The number of likely N-dealkylation sites (tertiary alicyclic amines) is 1. The van der Waals surface area contributed by atoms with Gasteiger partial charge in [-0.15, -0.1) is 0 Å². The van der Waals surface area contributed by atoms with Crippen LogP contribution in [0.25, 0.3) is 0 Å². The quantitative estimate of drug-likeness (QED) is 0.428. The van der Waals surface area contributed by atoms with Crippen LogP contribution in [-0.4, -0.2) is 65.0 Å². The third-order valence-electron chi connectivity index (χ3n) is 4.64. The molecule has 23 heavy (non-hydrogen) atoms. The van der Waals surface area contributed by atoms with Crippen LogP contribution in [0.2, 0.25) is 0 Å². The zero-order valence-corrected chi connectivity index (χ0v) is 13.8. The standard InChI is InChI=1S/C15H26N4O4/c1-8(2)5-19-6-10(4-15(19)7-17-14(15)23)13(22)18-11(9(3)20)12(16)21/h8-11,20H,4-7H2,1-3H3,(H2,16,21)(H,17,23)(H,18,22)/t9-,10?,11+,15?/m1/s1. The van der Waals surface area contributed by atoms with Gasteiger partial charge < -0.3 is 21.5 Å². The van der Waals surface area contributed by atoms with E-state index in [1.807, 2.05) is 0 Å². The van der Waals surface area contributed by atoms with Crippen LogP contribution < -0.4 is 16.4 Å². The van der Waals surface area contributed by atoms with Gasteiger partial charge in [-0.1, -0.05) is 13.8 Å². The molecule has 8 heteroatoms. The third-order valence-corrected chi connectivity index (χ3v) is 4.64. The number of rotatable bonds is 6. The highest BCUT2D eigenvalue weighted by Gasteiger charge is 2.57. The van der Waals surface area contributed by atoms with Crippen molar-refractivity contribution in [3.63, 3.8) is 0 Å². The number of nitrogens with one attached hydrogen (secondary N) is 2. The van der Waals surface area contributed by atoms with E-state index >= 15 is 0 Å². The lowest BCUT2D eigenvalue weighted by molar-refractivity contribution is -0.141. The molecule has 2 heterocycles. The highest BCUT2D eigenvalue weighted by molar-refractivity contribution is 5.95. The van der Waals surface area contributed by atoms with Gasteiger partial charge in [-0.2, -0.15) is 0 Å². The van der Waals surface area contributed by atoms with E-state index in [9.17, 15) is 19.5 Å². The molecule has 3 amide bonds. The molecule has 0 radical (unpaired) electrons. The molecule has 2 aliphatic heterocycles. The summed E-state index contributed by atoms with van der Waals surface area (Å²) < 4.78 is 0. The molecule has 2 rings (SSSR count). The Balaban J connectivity index is 2.08. The van der Waals surface area contributed by atoms with Gasteiger partial charge in [0.05, 0.1) is 12.0 Å². The van der Waals surface area contributed by atoms with E-state index in [2.05, 4.69) is 29.4 Å². The average Bonchev–Trinajstić information content (AvgIpc) is 2.83. The largest absolute Gasteiger partial charge is 0.391 e. The Kier molecular flexibility index (Phi) is 4.95. The first kappa shape index (κ1) is 17.7. The SMILES string of the molecule is CC(C)CN1CC(C(=O)N[C@H](C(N)=O)[C@@H](C)O)CC12CNC2=O. The Bertz CT molecular complexity index is 508. The zero-order valence-electron chi connectivity index (χ0n) is 13.8. The number of β-lactam (4-membered cyclic amide) rings is 1. The number of carbonyl (C=O) groups is 3. The molecule has 0 bridgehead atoms. The summed E-state index contributed by atoms with van der Waals surface area (Å²) in [5, 5.41) is 14.8. The maximum atomic E-state index is 12.4. The predicted octanol–water partition coefficient (Wildman–Crippen LogP) is -1.82. The molecular formula is C15H26N4O4. The van der Waals surface area contributed by atoms with Crippen LogP contribution in [-0.2, 0) is 14.4 Å². The summed E-state index contributed by atoms with van der Waals surface area (Å²) in [6.45, 7) is 7.26. The van der Waals surface area contributed by atoms with E-state index in [0.717, 1.165) is 6.54 Å². The molecule has 0 aromatic rings. The molecule has 4 atom stereocenters. The van der Waals surface area contributed by atoms with Crippen LogP contribution in [0, 0.1) is 11.8 Å². The van der Waals surface area contributed by atoms with Crippen molar-refractivity contribution >= 4 is 17.7 Å². The van der Waals surface area contributed by atoms with Gasteiger partial charge in [-0.25, -0.2) is 0 Å². The molecule has 1 spiro atoms. The normalized spacial score (nSPS) is 30.0. The molecule has 0 saturated carbocycles. The number of primary amides is 1. The minimum atomic E-state index is -1.12. The van der Waals surface area contributed by atoms with E-state index in [1.165, 1.54) is 6.92 Å². The molecule has 0 aromatic heterocycles. The monoisotopic (exact) mass is 326 g/mol. The Morgan fingerprint density at radius 3 is 2.52 bits per heavy atom. The molecule has 0 aromatic carbocycles. The van der Waals surface area contributed by atoms with Crippen LogP contribution in [0.15, 0.2) is 0 Å². The number of aliphatic hydroxyl groups excluding tert-OH is 1. The van der Waals surface area contributed by atoms with Gasteiger partial charge in [0, 0.05) is 19.6 Å². The Morgan fingerprint density at radius 2 is 2.13 bits per heavy atom. The molecule has 8 nitrogen and oxygen atoms in total. The van der Waals surface area contributed by atoms with Crippen molar-refractivity contribution in [2.75, 3.05) is 19.6 Å². The van der Waals surface area contributed by atoms with Crippen molar-refractivity contribution in [3.8, 4) is 0 Å². The van der Waals surface area contributed by atoms with E-state index in [0.29, 0.717) is 25.4 Å². The number of hydrogen-bond acceptors (Lipinski definition) is 5. The fourth-order valence-electron chi connectivity index (χ4n) is 3.39. The minimum Gasteiger partial charge on any atom is -0.391 e. The van der Waals surface area contributed by atoms with Gasteiger partial charge >= 0.3 is 0 Å². The van der Waals surface area contributed by atoms with Crippen molar-refractivity contribution in [1.82, 2.24) is 15.5 Å². The van der Waals surface area contributed by atoms with Crippen LogP contribution >= 0.6 is 0 Å². The topological polar surface area (TPSA) is 125 Å². The lowest BCUT2D eigenvalue weighted by atomic mass is 9.84. The molecule has 2 unspecified atom stereocenters. The van der Waals surface area contributed by atoms with Gasteiger partial charge in [0.15, 0.2) is 0 Å². The second-order valence-corrected chi connectivity index (χ2v) is 7.04. The fourth-order valence-corrected chi connectivity index (χ4v) is 3.39. The summed E-state index contributed by atoms with van der Waals surface area (Å²) in [7, 11) is 0. The van der Waals surface area contributed by atoms with Crippen LogP contribution in [0.5, 0.6) is 0 Å². The summed E-state index contributed by atoms with van der Waals surface area (Å²) in [6.07, 6.45) is -0.645. The van der Waals surface area contributed by atoms with Gasteiger partial charge in [0.2, 0.25) is 17.7 Å². The number of nitrogens with two attached hydrogens (primary N) is 1. The molecule has 2 fully saturated rings. The van der Waals surface area contributed by atoms with E-state index < -0.39 is 29.5 Å². The van der Waals surface area contributed by atoms with E-state index in [4.69, 9.17) is 5.73 Å². The summed E-state index contributed by atoms with van der Waals surface area (Å²) in [4.78, 5) is 37.9. The maximum absolute atomic E-state index is 12.4. The van der Waals surface area contributed by atoms with Crippen molar-refractivity contribution in [1.29, 1.82) is 0 Å². The molecule has 2 saturated heterocycles. The van der Waals surface area contributed by atoms with Gasteiger partial charge in [0.1, 0.15) is 11.6 Å². The van der Waals surface area contributed by atoms with Crippen LogP contribution in [0.1, 0.15) is 27.2 Å². The van der Waals surface area contributed by atoms with Crippen LogP contribution in [0.3, 0.4) is 0 Å². The summed E-state index contributed by atoms with van der Waals surface area (Å²) in [5.74, 6) is -1.20. The minimum absolute atomic E-state index is 0.0459. The molecule has 5 N–H and O–H groups in total. The molecule has 2 aliphatic rings. The van der Waals surface area contributed by atoms with Crippen LogP contribution in [0.4, 0.5) is 0 Å². The first-order valence-electron chi connectivity index (χ1n) is 7.98. The first-order chi connectivity index (χ1) is 10.7. The van der Waals surface area contributed by atoms with Crippen molar-refractivity contribution in [2.45, 2.75) is 44.9 Å². The van der Waals surface area contributed by atoms with Crippen molar-refractivity contribution in [3.05, 3.63) is 0 Å². The molecular weight excluding hydrogens is 300 g/mol. The fraction of sp³-hybridized carbons (Fsp3) is 0.800. The molecule has 0 aliphatic carbocycles. The summed E-state index contributed by atoms with van der Waals surface area (Å²) in [6, 6.07) is -1.12. The number of aliphatic hydroxyl groups is 1. The number of hydrogen-bond donors (Lipinski definition) is 4. The van der Waals surface area contributed by atoms with Crippen molar-refractivity contribution in [2.24, 2.45) is 17.6 Å². The highest BCUT2D eigenvalue weighted by atomic mass is 16.3. The second kappa shape index (κ2) is 6.45. The number of amides is 3. The highest BCUT2D eigenvalue weighted by Crippen LogP contribution is 2.37. The second-order valence-electron chi connectivity index (χ2n) is 7.04. The number of carbonyl (C=O) groups excluding carboxylic acids is 3. The Morgan fingerprint density at radius 1 is 1.48 bits per heavy atom. The lowest BCUT2D eigenvalue weighted by Gasteiger charge is -2.44. The Hall–Kier alpha value is -1.67. The smallest absolute Gasteiger partial charge is 0.242 e. The van der Waals surface area contributed by atoms with Gasteiger partial charge in [-0.3, -0.25) is 19.3 Å². The zero-order chi connectivity index (χ0) is 17.4. The average molecular weight is 326 g/mol.